The van der Waals surface area contributed by atoms with Crippen molar-refractivity contribution < 1.29 is 9.53 Å². The number of unbranched alkanes of at least 4 members (excludes halogenated alkanes) is 1. The van der Waals surface area contributed by atoms with E-state index in [1.807, 2.05) is 54.7 Å². The maximum atomic E-state index is 13.7. The zero-order valence-corrected chi connectivity index (χ0v) is 25.9. The predicted octanol–water partition coefficient (Wildman–Crippen LogP) is 7.93. The quantitative estimate of drug-likeness (QED) is 0.210. The van der Waals surface area contributed by atoms with Crippen molar-refractivity contribution in [2.45, 2.75) is 79.7 Å². The smallest absolute Gasteiger partial charge is 0.323 e. The van der Waals surface area contributed by atoms with E-state index < -0.39 is 6.03 Å². The third kappa shape index (κ3) is 8.46. The van der Waals surface area contributed by atoms with E-state index in [-0.39, 0.29) is 23.1 Å². The van der Waals surface area contributed by atoms with Gasteiger partial charge in [-0.1, -0.05) is 85.2 Å². The Bertz CT molecular complexity index is 1320. The molecule has 0 aliphatic carbocycles. The van der Waals surface area contributed by atoms with Crippen LogP contribution in [-0.2, 0) is 6.54 Å². The first-order valence-electron chi connectivity index (χ1n) is 15.1. The fourth-order valence-electron chi connectivity index (χ4n) is 4.98. The van der Waals surface area contributed by atoms with Crippen LogP contribution in [0.1, 0.15) is 84.3 Å². The average molecular weight is 561 g/mol. The SMILES string of the molecule is CCCCn1ccc(-c2cccc(OCCN(CC)CC)c2)c(NC(=O)Nc2c(C(C)C)cccc2C(C)C)c1=O. The molecule has 0 aliphatic heterocycles. The van der Waals surface area contributed by atoms with Crippen molar-refractivity contribution >= 4 is 17.4 Å². The number of carbonyl (C=O) groups excluding carboxylic acids is 1. The third-order valence-corrected chi connectivity index (χ3v) is 7.48. The van der Waals surface area contributed by atoms with Crippen molar-refractivity contribution in [1.82, 2.24) is 9.47 Å². The molecule has 222 valence electrons. The van der Waals surface area contributed by atoms with E-state index in [1.165, 1.54) is 0 Å². The summed E-state index contributed by atoms with van der Waals surface area (Å²) in [6.45, 7) is 18.8. The molecular formula is C34H48N4O3. The number of likely N-dealkylation sites (N-methyl/N-ethyl adjacent to an activating group) is 1. The van der Waals surface area contributed by atoms with E-state index in [2.05, 4.69) is 64.0 Å². The van der Waals surface area contributed by atoms with Crippen molar-refractivity contribution in [3.8, 4) is 16.9 Å². The summed E-state index contributed by atoms with van der Waals surface area (Å²) in [4.78, 5) is 29.5. The van der Waals surface area contributed by atoms with Gasteiger partial charge in [-0.05, 0) is 66.2 Å². The first-order valence-corrected chi connectivity index (χ1v) is 15.1. The molecule has 0 saturated carbocycles. The minimum Gasteiger partial charge on any atom is -0.492 e. The van der Waals surface area contributed by atoms with Gasteiger partial charge < -0.3 is 24.8 Å². The number of nitrogens with zero attached hydrogens (tertiary/aromatic N) is 2. The van der Waals surface area contributed by atoms with E-state index in [9.17, 15) is 9.59 Å². The van der Waals surface area contributed by atoms with Crippen LogP contribution in [0.5, 0.6) is 5.75 Å². The molecule has 2 amide bonds. The summed E-state index contributed by atoms with van der Waals surface area (Å²) in [6.07, 6.45) is 3.66. The molecule has 1 aromatic heterocycles. The molecular weight excluding hydrogens is 512 g/mol. The number of rotatable bonds is 14. The van der Waals surface area contributed by atoms with E-state index in [4.69, 9.17) is 4.74 Å². The molecule has 0 atom stereocenters. The maximum Gasteiger partial charge on any atom is 0.323 e. The number of hydrogen-bond acceptors (Lipinski definition) is 4. The second-order valence-electron chi connectivity index (χ2n) is 11.1. The summed E-state index contributed by atoms with van der Waals surface area (Å²) in [5, 5.41) is 6.03. The highest BCUT2D eigenvalue weighted by atomic mass is 16.5. The van der Waals surface area contributed by atoms with Crippen LogP contribution in [0.25, 0.3) is 11.1 Å². The van der Waals surface area contributed by atoms with Crippen molar-refractivity contribution in [2.24, 2.45) is 0 Å². The van der Waals surface area contributed by atoms with Gasteiger partial charge in [-0.25, -0.2) is 4.79 Å². The van der Waals surface area contributed by atoms with Gasteiger partial charge in [-0.15, -0.1) is 0 Å². The fraction of sp³-hybridized carbons (Fsp3) is 0.471. The predicted molar refractivity (Wildman–Crippen MR) is 172 cm³/mol. The molecule has 2 aromatic carbocycles. The zero-order chi connectivity index (χ0) is 29.9. The van der Waals surface area contributed by atoms with Crippen LogP contribution >= 0.6 is 0 Å². The van der Waals surface area contributed by atoms with Crippen LogP contribution in [0.2, 0.25) is 0 Å². The fourth-order valence-corrected chi connectivity index (χ4v) is 4.98. The lowest BCUT2D eigenvalue weighted by Gasteiger charge is -2.21. The molecule has 0 fully saturated rings. The van der Waals surface area contributed by atoms with Crippen LogP contribution in [-0.4, -0.2) is 41.7 Å². The Labute approximate surface area is 245 Å². The number of amides is 2. The normalized spacial score (nSPS) is 11.4. The first-order chi connectivity index (χ1) is 19.7. The van der Waals surface area contributed by atoms with E-state index in [0.29, 0.717) is 18.7 Å². The van der Waals surface area contributed by atoms with Crippen LogP contribution in [0.3, 0.4) is 0 Å². The monoisotopic (exact) mass is 560 g/mol. The number of ether oxygens (including phenoxy) is 1. The Hall–Kier alpha value is -3.58. The number of aryl methyl sites for hydroxylation is 1. The Morgan fingerprint density at radius 3 is 2.15 bits per heavy atom. The molecule has 41 heavy (non-hydrogen) atoms. The van der Waals surface area contributed by atoms with Gasteiger partial charge in [0.1, 0.15) is 18.0 Å². The minimum absolute atomic E-state index is 0.222. The molecule has 0 radical (unpaired) electrons. The van der Waals surface area contributed by atoms with E-state index in [0.717, 1.165) is 60.6 Å². The van der Waals surface area contributed by atoms with Gasteiger partial charge in [0.05, 0.1) is 0 Å². The van der Waals surface area contributed by atoms with Crippen molar-refractivity contribution in [3.05, 3.63) is 76.2 Å². The summed E-state index contributed by atoms with van der Waals surface area (Å²) < 4.78 is 7.73. The molecule has 0 aliphatic rings. The molecule has 2 N–H and O–H groups in total. The van der Waals surface area contributed by atoms with Crippen molar-refractivity contribution in [3.63, 3.8) is 0 Å². The van der Waals surface area contributed by atoms with Gasteiger partial charge in [-0.3, -0.25) is 4.79 Å². The third-order valence-electron chi connectivity index (χ3n) is 7.48. The zero-order valence-electron chi connectivity index (χ0n) is 25.9. The van der Waals surface area contributed by atoms with Gasteiger partial charge in [0.25, 0.3) is 5.56 Å². The van der Waals surface area contributed by atoms with Crippen molar-refractivity contribution in [1.29, 1.82) is 0 Å². The molecule has 0 spiro atoms. The van der Waals surface area contributed by atoms with E-state index >= 15 is 0 Å². The van der Waals surface area contributed by atoms with Crippen LogP contribution in [0.4, 0.5) is 16.2 Å². The van der Waals surface area contributed by atoms with Gasteiger partial charge >= 0.3 is 6.03 Å². The van der Waals surface area contributed by atoms with Crippen LogP contribution in [0, 0.1) is 0 Å². The highest BCUT2D eigenvalue weighted by Gasteiger charge is 2.19. The van der Waals surface area contributed by atoms with Crippen LogP contribution in [0.15, 0.2) is 59.5 Å². The lowest BCUT2D eigenvalue weighted by molar-refractivity contribution is 0.223. The Morgan fingerprint density at radius 2 is 1.54 bits per heavy atom. The number of hydrogen-bond donors (Lipinski definition) is 2. The Balaban J connectivity index is 1.96. The summed E-state index contributed by atoms with van der Waals surface area (Å²) in [5.74, 6) is 1.19. The van der Waals surface area contributed by atoms with Crippen LogP contribution < -0.4 is 20.9 Å². The number of pyridine rings is 1. The van der Waals surface area contributed by atoms with Crippen molar-refractivity contribution in [2.75, 3.05) is 36.9 Å². The Kier molecular flexibility index (Phi) is 12.0. The number of anilines is 2. The van der Waals surface area contributed by atoms with Gasteiger partial charge in [-0.2, -0.15) is 0 Å². The summed E-state index contributed by atoms with van der Waals surface area (Å²) >= 11 is 0. The molecule has 0 bridgehead atoms. The molecule has 7 heteroatoms. The second-order valence-corrected chi connectivity index (χ2v) is 11.1. The van der Waals surface area contributed by atoms with Gasteiger partial charge in [0.2, 0.25) is 0 Å². The molecule has 7 nitrogen and oxygen atoms in total. The summed E-state index contributed by atoms with van der Waals surface area (Å²) in [6, 6.07) is 15.3. The summed E-state index contributed by atoms with van der Waals surface area (Å²) in [5.41, 5.74) is 4.44. The number of carbonyl (C=O) groups is 1. The standard InChI is InChI=1S/C34H48N4O3/c1-8-11-19-38-20-18-30(26-14-12-15-27(23-26)41-22-21-37(9-2)10-3)32(33(38)39)36-34(40)35-31-28(24(4)5)16-13-17-29(31)25(6)7/h12-18,20,23-25H,8-11,19,21-22H2,1-7H3,(H2,35,36,40). The maximum absolute atomic E-state index is 13.7. The first kappa shape index (κ1) is 31.9. The topological polar surface area (TPSA) is 75.6 Å². The minimum atomic E-state index is -0.432. The molecule has 3 aromatic rings. The van der Waals surface area contributed by atoms with Gasteiger partial charge in [0, 0.05) is 30.5 Å². The Morgan fingerprint density at radius 1 is 0.902 bits per heavy atom. The number of benzene rings is 2. The number of urea groups is 1. The highest BCUT2D eigenvalue weighted by molar-refractivity contribution is 6.03. The highest BCUT2D eigenvalue weighted by Crippen LogP contribution is 2.33. The lowest BCUT2D eigenvalue weighted by atomic mass is 9.93. The van der Waals surface area contributed by atoms with E-state index in [1.54, 1.807) is 4.57 Å². The molecule has 0 unspecified atom stereocenters. The second kappa shape index (κ2) is 15.4. The number of aromatic nitrogens is 1. The molecule has 0 saturated heterocycles. The molecule has 3 rings (SSSR count). The van der Waals surface area contributed by atoms with Gasteiger partial charge in [0.15, 0.2) is 0 Å². The largest absolute Gasteiger partial charge is 0.492 e. The molecule has 1 heterocycles. The summed E-state index contributed by atoms with van der Waals surface area (Å²) in [7, 11) is 0. The average Bonchev–Trinajstić information content (AvgIpc) is 2.95. The lowest BCUT2D eigenvalue weighted by Crippen LogP contribution is -2.29. The number of para-hydroxylation sites is 1. The number of nitrogens with one attached hydrogen (secondary N) is 2.